The minimum atomic E-state index is -0.949. The Morgan fingerprint density at radius 1 is 1.32 bits per heavy atom. The maximum atomic E-state index is 13.3. The number of nitrogens with one attached hydrogen (secondary N) is 1. The monoisotopic (exact) mass is 615 g/mol. The molecular weight excluding hydrogens is 586 g/mol. The molecule has 2 fully saturated rings. The summed E-state index contributed by atoms with van der Waals surface area (Å²) in [4.78, 5) is 62.3. The van der Waals surface area contributed by atoms with Crippen molar-refractivity contribution in [1.29, 1.82) is 0 Å². The van der Waals surface area contributed by atoms with E-state index in [0.29, 0.717) is 23.0 Å². The molecule has 0 aliphatic carbocycles. The highest BCUT2D eigenvalue weighted by Crippen LogP contribution is 2.44. The molecule has 0 bridgehead atoms. The van der Waals surface area contributed by atoms with Crippen molar-refractivity contribution in [3.05, 3.63) is 21.7 Å². The fraction of sp³-hybridized carbons (Fsp3) is 0.565. The first-order valence-corrected chi connectivity index (χ1v) is 14.9. The fourth-order valence-electron chi connectivity index (χ4n) is 3.68. The lowest BCUT2D eigenvalue weighted by atomic mass is 9.98. The van der Waals surface area contributed by atoms with Gasteiger partial charge in [0, 0.05) is 21.8 Å². The first-order valence-electron chi connectivity index (χ1n) is 12.0. The molecule has 17 heteroatoms. The second-order valence-electron chi connectivity index (χ2n) is 9.65. The number of thioether (sulfide) groups is 2. The molecule has 1 aromatic heterocycles. The number of hydrogen-bond acceptors (Lipinski definition) is 15. The molecule has 3 aliphatic rings. The number of rotatable bonds is 10. The van der Waals surface area contributed by atoms with E-state index in [4.69, 9.17) is 29.5 Å². The van der Waals surface area contributed by atoms with Gasteiger partial charge in [0.15, 0.2) is 10.8 Å². The van der Waals surface area contributed by atoms with Gasteiger partial charge in [-0.25, -0.2) is 9.78 Å². The molecule has 2 amide bonds. The Morgan fingerprint density at radius 2 is 2.10 bits per heavy atom. The smallest absolute Gasteiger partial charge is 0.358 e. The van der Waals surface area contributed by atoms with Crippen LogP contribution in [0, 0.1) is 5.41 Å². The number of nitrogens with zero attached hydrogens (tertiary/aromatic N) is 3. The van der Waals surface area contributed by atoms with Crippen LogP contribution < -0.4 is 11.1 Å². The minimum absolute atomic E-state index is 0.0352. The second-order valence-corrected chi connectivity index (χ2v) is 12.8. The summed E-state index contributed by atoms with van der Waals surface area (Å²) in [7, 11) is 1.28. The Hall–Kier alpha value is -2.86. The third-order valence-corrected chi connectivity index (χ3v) is 9.06. The molecule has 3 atom stereocenters. The highest BCUT2D eigenvalue weighted by atomic mass is 32.2. The predicted octanol–water partition coefficient (Wildman–Crippen LogP) is 0.883. The average Bonchev–Trinajstić information content (AvgIpc) is 3.59. The number of hydrogen-bond donors (Lipinski definition) is 2. The molecule has 0 aromatic carbocycles. The Labute approximate surface area is 242 Å². The molecule has 2 unspecified atom stereocenters. The van der Waals surface area contributed by atoms with Crippen LogP contribution in [0.25, 0.3) is 0 Å². The molecule has 1 aromatic rings. The van der Waals surface area contributed by atoms with Crippen LogP contribution in [0.5, 0.6) is 0 Å². The fourth-order valence-corrected chi connectivity index (χ4v) is 6.85. The number of β-lactam (4-membered cyclic amide) rings is 1. The van der Waals surface area contributed by atoms with Crippen LogP contribution in [-0.4, -0.2) is 95.7 Å². The number of carbonyl (C=O) groups excluding carboxylic acids is 4. The number of fused-ring (bicyclic) bond motifs is 1. The highest BCUT2D eigenvalue weighted by Gasteiger charge is 2.55. The summed E-state index contributed by atoms with van der Waals surface area (Å²) in [6, 6.07) is -0.949. The molecule has 0 saturated carbocycles. The molecule has 14 nitrogen and oxygen atoms in total. The molecular formula is C23H29N5O9S3. The standard InChI is InChI=1S/C23H29N5O9S3/c1-23(2,3)21(32)37-10-36-20(31)16-13(38-6-11-5-34-9-35-11)8-39-19-15(18(30)28(16)19)26-17(29)14(27-33-4)12-7-40-22(24)25-12/h7,11,15,19H,5-6,8-10H2,1-4H3,(H2,24,25)(H,26,29)/t11?,15?,19-/m0/s1. The number of thiazole rings is 1. The van der Waals surface area contributed by atoms with E-state index in [0.717, 1.165) is 11.3 Å². The number of ether oxygens (including phenoxy) is 4. The summed E-state index contributed by atoms with van der Waals surface area (Å²) < 4.78 is 21.0. The molecule has 0 spiro atoms. The number of amides is 2. The van der Waals surface area contributed by atoms with Crippen molar-refractivity contribution in [2.24, 2.45) is 10.6 Å². The first-order chi connectivity index (χ1) is 19.0. The van der Waals surface area contributed by atoms with Gasteiger partial charge in [-0.15, -0.1) is 34.9 Å². The van der Waals surface area contributed by atoms with E-state index in [1.807, 2.05) is 0 Å². The number of oxime groups is 1. The van der Waals surface area contributed by atoms with E-state index in [9.17, 15) is 19.2 Å². The van der Waals surface area contributed by atoms with Gasteiger partial charge in [0.05, 0.1) is 18.1 Å². The Bertz CT molecular complexity index is 1220. The molecule has 40 heavy (non-hydrogen) atoms. The van der Waals surface area contributed by atoms with Crippen molar-refractivity contribution >= 4 is 69.5 Å². The lowest BCUT2D eigenvalue weighted by Crippen LogP contribution is -2.71. The summed E-state index contributed by atoms with van der Waals surface area (Å²) in [5, 5.41) is 7.60. The number of esters is 2. The number of aromatic nitrogens is 1. The maximum absolute atomic E-state index is 13.3. The average molecular weight is 616 g/mol. The van der Waals surface area contributed by atoms with E-state index in [1.165, 1.54) is 35.5 Å². The van der Waals surface area contributed by atoms with Crippen LogP contribution in [-0.2, 0) is 43.0 Å². The Morgan fingerprint density at radius 3 is 2.73 bits per heavy atom. The van der Waals surface area contributed by atoms with Crippen molar-refractivity contribution < 1.29 is 43.0 Å². The van der Waals surface area contributed by atoms with Crippen molar-refractivity contribution in [2.45, 2.75) is 38.3 Å². The minimum Gasteiger partial charge on any atom is -0.427 e. The molecule has 2 saturated heterocycles. The van der Waals surface area contributed by atoms with Crippen LogP contribution in [0.3, 0.4) is 0 Å². The van der Waals surface area contributed by atoms with Gasteiger partial charge in [-0.2, -0.15) is 0 Å². The normalized spacial score (nSPS) is 22.9. The summed E-state index contributed by atoms with van der Waals surface area (Å²) in [6.07, 6.45) is -0.164. The first kappa shape index (κ1) is 30.1. The summed E-state index contributed by atoms with van der Waals surface area (Å²) >= 11 is 3.85. The van der Waals surface area contributed by atoms with Crippen LogP contribution in [0.2, 0.25) is 0 Å². The predicted molar refractivity (Wildman–Crippen MR) is 147 cm³/mol. The third-order valence-electron chi connectivity index (χ3n) is 5.70. The molecule has 4 heterocycles. The van der Waals surface area contributed by atoms with Crippen molar-refractivity contribution in [3.8, 4) is 0 Å². The van der Waals surface area contributed by atoms with Gasteiger partial charge >= 0.3 is 11.9 Å². The third kappa shape index (κ3) is 6.71. The van der Waals surface area contributed by atoms with E-state index in [-0.39, 0.29) is 35.1 Å². The zero-order valence-corrected chi connectivity index (χ0v) is 24.6. The van der Waals surface area contributed by atoms with Gasteiger partial charge in [-0.3, -0.25) is 19.3 Å². The molecule has 3 N–H and O–H groups in total. The van der Waals surface area contributed by atoms with E-state index < -0.39 is 47.4 Å². The molecule has 218 valence electrons. The maximum Gasteiger partial charge on any atom is 0.358 e. The topological polar surface area (TPSA) is 181 Å². The van der Waals surface area contributed by atoms with Crippen molar-refractivity contribution in [3.63, 3.8) is 0 Å². The number of nitrogens with two attached hydrogens (primary N) is 1. The van der Waals surface area contributed by atoms with Crippen molar-refractivity contribution in [1.82, 2.24) is 15.2 Å². The van der Waals surface area contributed by atoms with Crippen LogP contribution >= 0.6 is 34.9 Å². The quantitative estimate of drug-likeness (QED) is 0.125. The van der Waals surface area contributed by atoms with E-state index >= 15 is 0 Å². The van der Waals surface area contributed by atoms with Crippen LogP contribution in [0.1, 0.15) is 26.5 Å². The molecule has 3 aliphatic heterocycles. The van der Waals surface area contributed by atoms with Gasteiger partial charge < -0.3 is 34.8 Å². The number of nitrogen functional groups attached to an aromatic ring is 1. The van der Waals surface area contributed by atoms with Gasteiger partial charge in [0.1, 0.15) is 36.7 Å². The highest BCUT2D eigenvalue weighted by molar-refractivity contribution is 8.06. The summed E-state index contributed by atoms with van der Waals surface area (Å²) in [5.41, 5.74) is 4.99. The largest absolute Gasteiger partial charge is 0.427 e. The molecule has 4 rings (SSSR count). The van der Waals surface area contributed by atoms with Crippen molar-refractivity contribution in [2.75, 3.05) is 44.5 Å². The van der Waals surface area contributed by atoms with Gasteiger partial charge in [0.25, 0.3) is 11.8 Å². The van der Waals surface area contributed by atoms with Crippen LogP contribution in [0.4, 0.5) is 5.13 Å². The summed E-state index contributed by atoms with van der Waals surface area (Å²) in [6.45, 7) is 5.03. The number of carbonyl (C=O) groups is 4. The Kier molecular flexibility index (Phi) is 9.60. The zero-order valence-electron chi connectivity index (χ0n) is 22.2. The van der Waals surface area contributed by atoms with Gasteiger partial charge in [-0.05, 0) is 20.8 Å². The second kappa shape index (κ2) is 12.8. The zero-order chi connectivity index (χ0) is 29.0. The SMILES string of the molecule is CON=C(C(=O)NC1C(=O)N2C(C(=O)OCOC(=O)C(C)(C)C)=C(SCC3COCO3)CS[C@@H]12)c1csc(N)n1. The van der Waals surface area contributed by atoms with Gasteiger partial charge in [-0.1, -0.05) is 5.16 Å². The lowest BCUT2D eigenvalue weighted by Gasteiger charge is -2.49. The van der Waals surface area contributed by atoms with E-state index in [2.05, 4.69) is 15.5 Å². The summed E-state index contributed by atoms with van der Waals surface area (Å²) in [5.74, 6) is -1.71. The number of anilines is 1. The lowest BCUT2D eigenvalue weighted by molar-refractivity contribution is -0.173. The Balaban J connectivity index is 1.49. The van der Waals surface area contributed by atoms with E-state index in [1.54, 1.807) is 26.2 Å². The van der Waals surface area contributed by atoms with Crippen LogP contribution in [0.15, 0.2) is 21.1 Å². The molecule has 0 radical (unpaired) electrons. The van der Waals surface area contributed by atoms with Gasteiger partial charge in [0.2, 0.25) is 6.79 Å².